The summed E-state index contributed by atoms with van der Waals surface area (Å²) >= 11 is 0. The van der Waals surface area contributed by atoms with Crippen LogP contribution in [-0.2, 0) is 4.79 Å². The van der Waals surface area contributed by atoms with Crippen molar-refractivity contribution < 1.29 is 9.90 Å². The molecule has 0 aliphatic heterocycles. The third-order valence-electron chi connectivity index (χ3n) is 2.75. The fraction of sp³-hybridized carbons (Fsp3) is 0.500. The molecule has 1 unspecified atom stereocenters. The Hall–Kier alpha value is -1.42. The van der Waals surface area contributed by atoms with Gasteiger partial charge >= 0.3 is 5.97 Å². The van der Waals surface area contributed by atoms with Crippen molar-refractivity contribution in [2.75, 3.05) is 7.05 Å². The molecule has 88 valence electrons. The van der Waals surface area contributed by atoms with E-state index in [1.54, 1.807) is 26.2 Å². The summed E-state index contributed by atoms with van der Waals surface area (Å²) in [5.74, 6) is -0.776. The van der Waals surface area contributed by atoms with Crippen molar-refractivity contribution in [3.8, 4) is 0 Å². The normalized spacial score (nSPS) is 13.4. The molecule has 0 fully saturated rings. The van der Waals surface area contributed by atoms with E-state index in [1.807, 2.05) is 19.2 Å². The van der Waals surface area contributed by atoms with Gasteiger partial charge in [0.25, 0.3) is 0 Å². The molecule has 0 saturated carbocycles. The lowest BCUT2D eigenvalue weighted by Crippen LogP contribution is -2.30. The maximum Gasteiger partial charge on any atom is 0.309 e. The van der Waals surface area contributed by atoms with E-state index >= 15 is 0 Å². The molecule has 1 aromatic heterocycles. The molecular formula is C12H18N2O2. The Balaban J connectivity index is 2.81. The Morgan fingerprint density at radius 3 is 2.50 bits per heavy atom. The predicted octanol–water partition coefficient (Wildman–Crippen LogP) is 1.84. The first-order valence-electron chi connectivity index (χ1n) is 5.28. The SMILES string of the molecule is CNC(CC(C)(C)C(=O)O)c1ccncc1. The maximum absolute atomic E-state index is 11.1. The molecule has 4 nitrogen and oxygen atoms in total. The van der Waals surface area contributed by atoms with Crippen LogP contribution in [0.2, 0.25) is 0 Å². The highest BCUT2D eigenvalue weighted by Crippen LogP contribution is 2.29. The van der Waals surface area contributed by atoms with E-state index in [1.165, 1.54) is 0 Å². The number of carboxylic acid groups (broad SMARTS) is 1. The molecule has 0 radical (unpaired) electrons. The van der Waals surface area contributed by atoms with Gasteiger partial charge in [-0.2, -0.15) is 0 Å². The first-order chi connectivity index (χ1) is 7.47. The molecule has 0 bridgehead atoms. The summed E-state index contributed by atoms with van der Waals surface area (Å²) in [6.45, 7) is 3.47. The average Bonchev–Trinajstić information content (AvgIpc) is 2.27. The van der Waals surface area contributed by atoms with Gasteiger partial charge in [-0.1, -0.05) is 0 Å². The van der Waals surface area contributed by atoms with Crippen molar-refractivity contribution in [2.45, 2.75) is 26.3 Å². The summed E-state index contributed by atoms with van der Waals surface area (Å²) in [6.07, 6.45) is 3.98. The van der Waals surface area contributed by atoms with Crippen LogP contribution in [0.3, 0.4) is 0 Å². The summed E-state index contributed by atoms with van der Waals surface area (Å²) < 4.78 is 0. The van der Waals surface area contributed by atoms with Gasteiger partial charge in [0.05, 0.1) is 5.41 Å². The van der Waals surface area contributed by atoms with Gasteiger partial charge in [0.15, 0.2) is 0 Å². The lowest BCUT2D eigenvalue weighted by Gasteiger charge is -2.25. The van der Waals surface area contributed by atoms with Crippen molar-refractivity contribution in [1.82, 2.24) is 10.3 Å². The Bertz CT molecular complexity index is 349. The van der Waals surface area contributed by atoms with Crippen LogP contribution in [0.15, 0.2) is 24.5 Å². The first kappa shape index (κ1) is 12.6. The van der Waals surface area contributed by atoms with Gasteiger partial charge in [-0.25, -0.2) is 0 Å². The van der Waals surface area contributed by atoms with Crippen LogP contribution in [0.1, 0.15) is 31.9 Å². The molecule has 2 N–H and O–H groups in total. The van der Waals surface area contributed by atoms with Gasteiger partial charge < -0.3 is 10.4 Å². The highest BCUT2D eigenvalue weighted by molar-refractivity contribution is 5.73. The number of rotatable bonds is 5. The molecular weight excluding hydrogens is 204 g/mol. The first-order valence-corrected chi connectivity index (χ1v) is 5.28. The van der Waals surface area contributed by atoms with Crippen molar-refractivity contribution in [3.63, 3.8) is 0 Å². The monoisotopic (exact) mass is 222 g/mol. The summed E-state index contributed by atoms with van der Waals surface area (Å²) in [7, 11) is 1.84. The number of hydrogen-bond acceptors (Lipinski definition) is 3. The number of aromatic nitrogens is 1. The highest BCUT2D eigenvalue weighted by atomic mass is 16.4. The topological polar surface area (TPSA) is 62.2 Å². The number of carboxylic acids is 1. The van der Waals surface area contributed by atoms with Crippen LogP contribution in [0.5, 0.6) is 0 Å². The Kier molecular flexibility index (Phi) is 4.01. The number of hydrogen-bond donors (Lipinski definition) is 2. The van der Waals surface area contributed by atoms with Crippen molar-refractivity contribution in [2.24, 2.45) is 5.41 Å². The quantitative estimate of drug-likeness (QED) is 0.798. The molecule has 0 spiro atoms. The molecule has 1 aromatic rings. The van der Waals surface area contributed by atoms with E-state index in [4.69, 9.17) is 5.11 Å². The molecule has 1 rings (SSSR count). The number of nitrogens with zero attached hydrogens (tertiary/aromatic N) is 1. The third-order valence-corrected chi connectivity index (χ3v) is 2.75. The van der Waals surface area contributed by atoms with Gasteiger partial charge in [-0.3, -0.25) is 9.78 Å². The van der Waals surface area contributed by atoms with Crippen molar-refractivity contribution in [3.05, 3.63) is 30.1 Å². The van der Waals surface area contributed by atoms with E-state index in [9.17, 15) is 4.79 Å². The Morgan fingerprint density at radius 1 is 1.50 bits per heavy atom. The number of pyridine rings is 1. The van der Waals surface area contributed by atoms with Crippen molar-refractivity contribution >= 4 is 5.97 Å². The van der Waals surface area contributed by atoms with E-state index in [0.29, 0.717) is 6.42 Å². The zero-order valence-electron chi connectivity index (χ0n) is 9.90. The van der Waals surface area contributed by atoms with E-state index < -0.39 is 11.4 Å². The maximum atomic E-state index is 11.1. The molecule has 0 aromatic carbocycles. The molecule has 0 amide bonds. The summed E-state index contributed by atoms with van der Waals surface area (Å²) in [5.41, 5.74) is 0.323. The van der Waals surface area contributed by atoms with E-state index in [0.717, 1.165) is 5.56 Å². The molecule has 4 heteroatoms. The van der Waals surface area contributed by atoms with Gasteiger partial charge in [-0.15, -0.1) is 0 Å². The molecule has 1 heterocycles. The second-order valence-electron chi connectivity index (χ2n) is 4.51. The smallest absolute Gasteiger partial charge is 0.309 e. The zero-order chi connectivity index (χ0) is 12.2. The third kappa shape index (κ3) is 3.03. The van der Waals surface area contributed by atoms with Crippen LogP contribution in [-0.4, -0.2) is 23.1 Å². The highest BCUT2D eigenvalue weighted by Gasteiger charge is 2.30. The minimum Gasteiger partial charge on any atom is -0.481 e. The van der Waals surface area contributed by atoms with E-state index in [-0.39, 0.29) is 6.04 Å². The summed E-state index contributed by atoms with van der Waals surface area (Å²) in [4.78, 5) is 15.0. The van der Waals surface area contributed by atoms with E-state index in [2.05, 4.69) is 10.3 Å². The standard InChI is InChI=1S/C12H18N2O2/c1-12(2,11(15)16)8-10(13-3)9-4-6-14-7-5-9/h4-7,10,13H,8H2,1-3H3,(H,15,16). The molecule has 0 saturated heterocycles. The zero-order valence-corrected chi connectivity index (χ0v) is 9.90. The number of nitrogens with one attached hydrogen (secondary N) is 1. The second-order valence-corrected chi connectivity index (χ2v) is 4.51. The molecule has 1 atom stereocenters. The van der Waals surface area contributed by atoms with Crippen LogP contribution in [0.25, 0.3) is 0 Å². The minimum absolute atomic E-state index is 0.0362. The lowest BCUT2D eigenvalue weighted by molar-refractivity contribution is -0.147. The van der Waals surface area contributed by atoms with Gasteiger partial charge in [-0.05, 0) is 45.0 Å². The predicted molar refractivity (Wildman–Crippen MR) is 62.1 cm³/mol. The summed E-state index contributed by atoms with van der Waals surface area (Å²) in [5, 5.41) is 12.2. The minimum atomic E-state index is -0.776. The number of carbonyl (C=O) groups is 1. The fourth-order valence-corrected chi connectivity index (χ4v) is 1.58. The second kappa shape index (κ2) is 5.07. The van der Waals surface area contributed by atoms with Gasteiger partial charge in [0.2, 0.25) is 0 Å². The molecule has 0 aliphatic carbocycles. The van der Waals surface area contributed by atoms with Gasteiger partial charge in [0, 0.05) is 18.4 Å². The van der Waals surface area contributed by atoms with Crippen LogP contribution in [0.4, 0.5) is 0 Å². The van der Waals surface area contributed by atoms with Gasteiger partial charge in [0.1, 0.15) is 0 Å². The van der Waals surface area contributed by atoms with Crippen LogP contribution >= 0.6 is 0 Å². The Labute approximate surface area is 95.7 Å². The fourth-order valence-electron chi connectivity index (χ4n) is 1.58. The molecule has 16 heavy (non-hydrogen) atoms. The molecule has 0 aliphatic rings. The Morgan fingerprint density at radius 2 is 2.06 bits per heavy atom. The average molecular weight is 222 g/mol. The van der Waals surface area contributed by atoms with Crippen LogP contribution in [0, 0.1) is 5.41 Å². The lowest BCUT2D eigenvalue weighted by atomic mass is 9.84. The summed E-state index contributed by atoms with van der Waals surface area (Å²) in [6, 6.07) is 3.84. The van der Waals surface area contributed by atoms with Crippen LogP contribution < -0.4 is 5.32 Å². The largest absolute Gasteiger partial charge is 0.481 e. The number of aliphatic carboxylic acids is 1. The van der Waals surface area contributed by atoms with Crippen molar-refractivity contribution in [1.29, 1.82) is 0 Å².